The van der Waals surface area contributed by atoms with Crippen LogP contribution in [0.25, 0.3) is 27.5 Å². The molecule has 4 nitrogen and oxygen atoms in total. The highest BCUT2D eigenvalue weighted by molar-refractivity contribution is 6.07. The molecule has 0 N–H and O–H groups in total. The van der Waals surface area contributed by atoms with E-state index in [9.17, 15) is 4.79 Å². The minimum atomic E-state index is -0.0793. The third-order valence-electron chi connectivity index (χ3n) is 4.30. The quantitative estimate of drug-likeness (QED) is 0.567. The number of aryl methyl sites for hydroxylation is 2. The first kappa shape index (κ1) is 13.8. The SMILES string of the molecule is CCn1c2ccccc2c2cnn(-c3ccc(C)cc3)c(=O)c21. The third-order valence-corrected chi connectivity index (χ3v) is 4.30. The molecule has 114 valence electrons. The summed E-state index contributed by atoms with van der Waals surface area (Å²) in [6.07, 6.45) is 1.80. The van der Waals surface area contributed by atoms with Gasteiger partial charge in [0.2, 0.25) is 0 Å². The van der Waals surface area contributed by atoms with E-state index >= 15 is 0 Å². The summed E-state index contributed by atoms with van der Waals surface area (Å²) in [5.74, 6) is 0. The average molecular weight is 303 g/mol. The van der Waals surface area contributed by atoms with E-state index in [0.29, 0.717) is 5.52 Å². The van der Waals surface area contributed by atoms with Gasteiger partial charge >= 0.3 is 0 Å². The molecule has 0 saturated heterocycles. The van der Waals surface area contributed by atoms with Gasteiger partial charge in [-0.05, 0) is 32.0 Å². The van der Waals surface area contributed by atoms with Crippen LogP contribution in [0.15, 0.2) is 59.5 Å². The summed E-state index contributed by atoms with van der Waals surface area (Å²) in [4.78, 5) is 13.0. The molecule has 0 amide bonds. The molecular formula is C19H17N3O. The zero-order chi connectivity index (χ0) is 16.0. The van der Waals surface area contributed by atoms with Gasteiger partial charge in [-0.15, -0.1) is 0 Å². The van der Waals surface area contributed by atoms with E-state index in [1.807, 2.05) is 49.4 Å². The summed E-state index contributed by atoms with van der Waals surface area (Å²) in [5, 5.41) is 6.38. The van der Waals surface area contributed by atoms with Gasteiger partial charge in [0.25, 0.3) is 5.56 Å². The maximum Gasteiger partial charge on any atom is 0.296 e. The van der Waals surface area contributed by atoms with Crippen molar-refractivity contribution in [3.8, 4) is 5.69 Å². The predicted octanol–water partition coefficient (Wildman–Crippen LogP) is 3.67. The van der Waals surface area contributed by atoms with E-state index in [2.05, 4.69) is 22.7 Å². The number of hydrogen-bond acceptors (Lipinski definition) is 2. The minimum absolute atomic E-state index is 0.0793. The molecule has 0 spiro atoms. The highest BCUT2D eigenvalue weighted by Gasteiger charge is 2.15. The Hall–Kier alpha value is -2.88. The molecule has 0 aliphatic carbocycles. The highest BCUT2D eigenvalue weighted by Crippen LogP contribution is 2.26. The Morgan fingerprint density at radius 1 is 1.00 bits per heavy atom. The maximum absolute atomic E-state index is 13.0. The van der Waals surface area contributed by atoms with E-state index < -0.39 is 0 Å². The van der Waals surface area contributed by atoms with Crippen LogP contribution in [0.5, 0.6) is 0 Å². The first-order valence-corrected chi connectivity index (χ1v) is 7.77. The van der Waals surface area contributed by atoms with Crippen LogP contribution in [0.2, 0.25) is 0 Å². The molecule has 0 aliphatic rings. The van der Waals surface area contributed by atoms with Gasteiger partial charge in [-0.3, -0.25) is 4.79 Å². The molecule has 0 bridgehead atoms. The molecule has 4 heteroatoms. The third kappa shape index (κ3) is 1.99. The molecule has 2 aromatic carbocycles. The Bertz CT molecular complexity index is 1070. The molecule has 0 radical (unpaired) electrons. The zero-order valence-electron chi connectivity index (χ0n) is 13.2. The molecule has 2 heterocycles. The van der Waals surface area contributed by atoms with E-state index in [4.69, 9.17) is 0 Å². The lowest BCUT2D eigenvalue weighted by Crippen LogP contribution is -2.22. The first-order valence-electron chi connectivity index (χ1n) is 7.77. The second kappa shape index (κ2) is 5.09. The second-order valence-corrected chi connectivity index (χ2v) is 5.72. The Balaban J connectivity index is 2.11. The standard InChI is InChI=1S/C19H17N3O/c1-3-21-17-7-5-4-6-15(17)16-12-20-22(19(23)18(16)21)14-10-8-13(2)9-11-14/h4-12H,3H2,1-2H3. The summed E-state index contributed by atoms with van der Waals surface area (Å²) in [6.45, 7) is 4.83. The Kier molecular flexibility index (Phi) is 3.05. The van der Waals surface area contributed by atoms with Crippen molar-refractivity contribution in [3.05, 3.63) is 70.6 Å². The van der Waals surface area contributed by atoms with Crippen molar-refractivity contribution < 1.29 is 0 Å². The van der Waals surface area contributed by atoms with Gasteiger partial charge in [0.1, 0.15) is 5.52 Å². The molecule has 0 saturated carbocycles. The normalized spacial score (nSPS) is 11.4. The summed E-state index contributed by atoms with van der Waals surface area (Å²) in [7, 11) is 0. The Morgan fingerprint density at radius 3 is 2.48 bits per heavy atom. The van der Waals surface area contributed by atoms with Crippen LogP contribution in [0.3, 0.4) is 0 Å². The van der Waals surface area contributed by atoms with E-state index in [1.54, 1.807) is 6.20 Å². The van der Waals surface area contributed by atoms with Crippen LogP contribution >= 0.6 is 0 Å². The number of para-hydroxylation sites is 1. The van der Waals surface area contributed by atoms with Crippen molar-refractivity contribution in [3.63, 3.8) is 0 Å². The fourth-order valence-corrected chi connectivity index (χ4v) is 3.16. The van der Waals surface area contributed by atoms with Gasteiger partial charge in [-0.2, -0.15) is 9.78 Å². The lowest BCUT2D eigenvalue weighted by atomic mass is 10.2. The molecule has 0 unspecified atom stereocenters. The van der Waals surface area contributed by atoms with E-state index in [0.717, 1.165) is 34.1 Å². The summed E-state index contributed by atoms with van der Waals surface area (Å²) in [5.41, 5.74) is 3.65. The molecular weight excluding hydrogens is 286 g/mol. The van der Waals surface area contributed by atoms with Crippen LogP contribution in [0.1, 0.15) is 12.5 Å². The van der Waals surface area contributed by atoms with Gasteiger partial charge in [0.05, 0.1) is 11.9 Å². The molecule has 4 aromatic rings. The lowest BCUT2D eigenvalue weighted by Gasteiger charge is -2.07. The lowest BCUT2D eigenvalue weighted by molar-refractivity contribution is 0.783. The maximum atomic E-state index is 13.0. The number of benzene rings is 2. The summed E-state index contributed by atoms with van der Waals surface area (Å²) >= 11 is 0. The number of fused-ring (bicyclic) bond motifs is 3. The largest absolute Gasteiger partial charge is 0.336 e. The molecule has 23 heavy (non-hydrogen) atoms. The number of rotatable bonds is 2. The van der Waals surface area contributed by atoms with Crippen molar-refractivity contribution >= 4 is 21.8 Å². The van der Waals surface area contributed by atoms with Gasteiger partial charge < -0.3 is 4.57 Å². The van der Waals surface area contributed by atoms with E-state index in [1.165, 1.54) is 4.68 Å². The monoisotopic (exact) mass is 303 g/mol. The van der Waals surface area contributed by atoms with E-state index in [-0.39, 0.29) is 5.56 Å². The van der Waals surface area contributed by atoms with Crippen molar-refractivity contribution in [2.45, 2.75) is 20.4 Å². The van der Waals surface area contributed by atoms with Crippen molar-refractivity contribution in [2.75, 3.05) is 0 Å². The van der Waals surface area contributed by atoms with Crippen molar-refractivity contribution in [2.24, 2.45) is 0 Å². The van der Waals surface area contributed by atoms with Crippen LogP contribution in [-0.2, 0) is 6.54 Å². The fourth-order valence-electron chi connectivity index (χ4n) is 3.16. The average Bonchev–Trinajstić information content (AvgIpc) is 2.91. The van der Waals surface area contributed by atoms with Gasteiger partial charge in [0.15, 0.2) is 0 Å². The molecule has 0 atom stereocenters. The van der Waals surface area contributed by atoms with Crippen LogP contribution in [0.4, 0.5) is 0 Å². The summed E-state index contributed by atoms with van der Waals surface area (Å²) < 4.78 is 3.55. The van der Waals surface area contributed by atoms with Crippen LogP contribution in [-0.4, -0.2) is 14.3 Å². The number of hydrogen-bond donors (Lipinski definition) is 0. The van der Waals surface area contributed by atoms with Crippen molar-refractivity contribution in [1.82, 2.24) is 14.3 Å². The van der Waals surface area contributed by atoms with Gasteiger partial charge in [-0.1, -0.05) is 35.9 Å². The van der Waals surface area contributed by atoms with Gasteiger partial charge in [-0.25, -0.2) is 0 Å². The minimum Gasteiger partial charge on any atom is -0.336 e. The zero-order valence-corrected chi connectivity index (χ0v) is 13.2. The number of nitrogens with zero attached hydrogens (tertiary/aromatic N) is 3. The smallest absolute Gasteiger partial charge is 0.296 e. The van der Waals surface area contributed by atoms with Crippen LogP contribution < -0.4 is 5.56 Å². The molecule has 2 aromatic heterocycles. The first-order chi connectivity index (χ1) is 11.2. The molecule has 4 rings (SSSR count). The second-order valence-electron chi connectivity index (χ2n) is 5.72. The predicted molar refractivity (Wildman–Crippen MR) is 93.2 cm³/mol. The topological polar surface area (TPSA) is 39.8 Å². The van der Waals surface area contributed by atoms with Gasteiger partial charge in [0, 0.05) is 22.8 Å². The number of aromatic nitrogens is 3. The molecule has 0 fully saturated rings. The van der Waals surface area contributed by atoms with Crippen molar-refractivity contribution in [1.29, 1.82) is 0 Å². The fraction of sp³-hybridized carbons (Fsp3) is 0.158. The highest BCUT2D eigenvalue weighted by atomic mass is 16.1. The Labute approximate surface area is 133 Å². The summed E-state index contributed by atoms with van der Waals surface area (Å²) in [6, 6.07) is 15.9. The van der Waals surface area contributed by atoms with Crippen LogP contribution in [0, 0.1) is 6.92 Å². The molecule has 0 aliphatic heterocycles. The Morgan fingerprint density at radius 2 is 1.74 bits per heavy atom.